The fourth-order valence-electron chi connectivity index (χ4n) is 2.69. The number of para-hydroxylation sites is 2. The van der Waals surface area contributed by atoms with Crippen LogP contribution in [-0.2, 0) is 9.53 Å². The molecule has 1 fully saturated rings. The predicted molar refractivity (Wildman–Crippen MR) is 96.7 cm³/mol. The monoisotopic (exact) mass is 357 g/mol. The van der Waals surface area contributed by atoms with Crippen molar-refractivity contribution in [3.63, 3.8) is 0 Å². The van der Waals surface area contributed by atoms with E-state index in [0.29, 0.717) is 37.6 Å². The van der Waals surface area contributed by atoms with Crippen molar-refractivity contribution in [2.45, 2.75) is 0 Å². The third-order valence-electron chi connectivity index (χ3n) is 4.04. The Bertz CT molecular complexity index is 791. The Hall–Kier alpha value is -2.93. The normalized spacial score (nSPS) is 14.0. The van der Waals surface area contributed by atoms with Crippen LogP contribution in [0, 0.1) is 5.82 Å². The number of nitrogens with zero attached hydrogens (tertiary/aromatic N) is 1. The molecule has 3 rings (SSSR count). The molecule has 0 aromatic heterocycles. The van der Waals surface area contributed by atoms with Gasteiger partial charge in [-0.05, 0) is 24.3 Å². The second-order valence-corrected chi connectivity index (χ2v) is 5.83. The molecule has 1 aliphatic heterocycles. The number of hydrogen-bond acceptors (Lipinski definition) is 4. The maximum atomic E-state index is 13.6. The van der Waals surface area contributed by atoms with E-state index < -0.39 is 11.7 Å². The minimum absolute atomic E-state index is 0.0816. The first-order valence-electron chi connectivity index (χ1n) is 8.39. The SMILES string of the molecule is O=C(CNc1ccccc1C(=O)N1CCOCC1)Nc1ccccc1F. The molecule has 0 aliphatic carbocycles. The van der Waals surface area contributed by atoms with Crippen molar-refractivity contribution in [3.05, 3.63) is 59.9 Å². The van der Waals surface area contributed by atoms with Crippen molar-refractivity contribution >= 4 is 23.2 Å². The van der Waals surface area contributed by atoms with E-state index in [1.807, 2.05) is 0 Å². The van der Waals surface area contributed by atoms with Gasteiger partial charge >= 0.3 is 0 Å². The Kier molecular flexibility index (Phi) is 5.80. The van der Waals surface area contributed by atoms with Gasteiger partial charge in [-0.2, -0.15) is 0 Å². The molecule has 0 saturated carbocycles. The number of morpholine rings is 1. The van der Waals surface area contributed by atoms with Gasteiger partial charge in [0.05, 0.1) is 31.0 Å². The first-order chi connectivity index (χ1) is 12.6. The van der Waals surface area contributed by atoms with Crippen LogP contribution in [0.2, 0.25) is 0 Å². The molecule has 1 aliphatic rings. The van der Waals surface area contributed by atoms with Crippen molar-refractivity contribution in [1.82, 2.24) is 4.90 Å². The number of carbonyl (C=O) groups excluding carboxylic acids is 2. The maximum absolute atomic E-state index is 13.6. The highest BCUT2D eigenvalue weighted by Gasteiger charge is 2.21. The van der Waals surface area contributed by atoms with Crippen LogP contribution in [-0.4, -0.2) is 49.6 Å². The molecule has 2 amide bonds. The van der Waals surface area contributed by atoms with Gasteiger partial charge in [0.2, 0.25) is 5.91 Å². The standard InChI is InChI=1S/C19H20FN3O3/c20-15-6-2-4-8-17(15)22-18(24)13-21-16-7-3-1-5-14(16)19(25)23-9-11-26-12-10-23/h1-8,21H,9-13H2,(H,22,24). The lowest BCUT2D eigenvalue weighted by Gasteiger charge is -2.27. The summed E-state index contributed by atoms with van der Waals surface area (Å²) in [6, 6.07) is 13.0. The number of ether oxygens (including phenoxy) is 1. The topological polar surface area (TPSA) is 70.7 Å². The van der Waals surface area contributed by atoms with Crippen LogP contribution in [0.4, 0.5) is 15.8 Å². The lowest BCUT2D eigenvalue weighted by Crippen LogP contribution is -2.41. The lowest BCUT2D eigenvalue weighted by atomic mass is 10.1. The van der Waals surface area contributed by atoms with Crippen LogP contribution in [0.3, 0.4) is 0 Å². The quantitative estimate of drug-likeness (QED) is 0.862. The molecule has 1 saturated heterocycles. The number of halogens is 1. The van der Waals surface area contributed by atoms with Crippen molar-refractivity contribution in [1.29, 1.82) is 0 Å². The number of carbonyl (C=O) groups is 2. The molecule has 2 N–H and O–H groups in total. The number of benzene rings is 2. The first kappa shape index (κ1) is 17.9. The summed E-state index contributed by atoms with van der Waals surface area (Å²) in [7, 11) is 0. The van der Waals surface area contributed by atoms with Gasteiger partial charge in [0.1, 0.15) is 5.82 Å². The van der Waals surface area contributed by atoms with E-state index in [4.69, 9.17) is 4.74 Å². The molecule has 2 aromatic carbocycles. The Balaban J connectivity index is 1.64. The number of amides is 2. The smallest absolute Gasteiger partial charge is 0.256 e. The third kappa shape index (κ3) is 4.37. The maximum Gasteiger partial charge on any atom is 0.256 e. The first-order valence-corrected chi connectivity index (χ1v) is 8.39. The second kappa shape index (κ2) is 8.44. The highest BCUT2D eigenvalue weighted by atomic mass is 19.1. The fraction of sp³-hybridized carbons (Fsp3) is 0.263. The number of anilines is 2. The highest BCUT2D eigenvalue weighted by Crippen LogP contribution is 2.18. The minimum Gasteiger partial charge on any atom is -0.378 e. The molecule has 26 heavy (non-hydrogen) atoms. The zero-order valence-corrected chi connectivity index (χ0v) is 14.2. The molecule has 1 heterocycles. The Morgan fingerprint density at radius 2 is 1.65 bits per heavy atom. The number of rotatable bonds is 5. The summed E-state index contributed by atoms with van der Waals surface area (Å²) < 4.78 is 18.9. The molecule has 0 radical (unpaired) electrons. The molecular weight excluding hydrogens is 337 g/mol. The summed E-state index contributed by atoms with van der Waals surface area (Å²) in [6.45, 7) is 2.04. The zero-order chi connectivity index (χ0) is 18.4. The van der Waals surface area contributed by atoms with Gasteiger partial charge in [-0.25, -0.2) is 4.39 Å². The lowest BCUT2D eigenvalue weighted by molar-refractivity contribution is -0.114. The van der Waals surface area contributed by atoms with E-state index in [9.17, 15) is 14.0 Å². The molecule has 0 spiro atoms. The molecule has 0 bridgehead atoms. The van der Waals surface area contributed by atoms with E-state index in [1.165, 1.54) is 12.1 Å². The Morgan fingerprint density at radius 3 is 2.38 bits per heavy atom. The van der Waals surface area contributed by atoms with Gasteiger partial charge in [0.15, 0.2) is 0 Å². The van der Waals surface area contributed by atoms with E-state index in [1.54, 1.807) is 41.3 Å². The summed E-state index contributed by atoms with van der Waals surface area (Å²) >= 11 is 0. The van der Waals surface area contributed by atoms with E-state index >= 15 is 0 Å². The summed E-state index contributed by atoms with van der Waals surface area (Å²) in [5.41, 5.74) is 1.18. The zero-order valence-electron chi connectivity index (χ0n) is 14.2. The average molecular weight is 357 g/mol. The highest BCUT2D eigenvalue weighted by molar-refractivity contribution is 6.01. The third-order valence-corrected chi connectivity index (χ3v) is 4.04. The van der Waals surface area contributed by atoms with Crippen molar-refractivity contribution < 1.29 is 18.7 Å². The molecule has 0 atom stereocenters. The van der Waals surface area contributed by atoms with Crippen LogP contribution in [0.5, 0.6) is 0 Å². The van der Waals surface area contributed by atoms with Gasteiger partial charge in [-0.1, -0.05) is 24.3 Å². The van der Waals surface area contributed by atoms with Gasteiger partial charge in [0.25, 0.3) is 5.91 Å². The molecular formula is C19H20FN3O3. The van der Waals surface area contributed by atoms with Gasteiger partial charge in [-0.15, -0.1) is 0 Å². The van der Waals surface area contributed by atoms with E-state index in [2.05, 4.69) is 10.6 Å². The Labute approximate surface area is 150 Å². The molecule has 7 heteroatoms. The molecule has 0 unspecified atom stereocenters. The number of hydrogen-bond donors (Lipinski definition) is 2. The largest absolute Gasteiger partial charge is 0.378 e. The van der Waals surface area contributed by atoms with Crippen LogP contribution in [0.25, 0.3) is 0 Å². The van der Waals surface area contributed by atoms with E-state index in [-0.39, 0.29) is 18.1 Å². The van der Waals surface area contributed by atoms with Crippen LogP contribution < -0.4 is 10.6 Å². The average Bonchev–Trinajstić information content (AvgIpc) is 2.68. The minimum atomic E-state index is -0.497. The molecule has 2 aromatic rings. The van der Waals surface area contributed by atoms with Crippen LogP contribution >= 0.6 is 0 Å². The molecule has 6 nitrogen and oxygen atoms in total. The van der Waals surface area contributed by atoms with Crippen molar-refractivity contribution in [2.24, 2.45) is 0 Å². The molecule has 136 valence electrons. The van der Waals surface area contributed by atoms with Crippen LogP contribution in [0.15, 0.2) is 48.5 Å². The summed E-state index contributed by atoms with van der Waals surface area (Å²) in [5, 5.41) is 5.46. The van der Waals surface area contributed by atoms with Crippen molar-refractivity contribution in [3.8, 4) is 0 Å². The number of nitrogens with one attached hydrogen (secondary N) is 2. The van der Waals surface area contributed by atoms with Gasteiger partial charge in [0, 0.05) is 18.8 Å². The Morgan fingerprint density at radius 1 is 1.00 bits per heavy atom. The van der Waals surface area contributed by atoms with Crippen LogP contribution in [0.1, 0.15) is 10.4 Å². The van der Waals surface area contributed by atoms with Gasteiger partial charge < -0.3 is 20.3 Å². The van der Waals surface area contributed by atoms with Crippen molar-refractivity contribution in [2.75, 3.05) is 43.5 Å². The second-order valence-electron chi connectivity index (χ2n) is 5.83. The summed E-state index contributed by atoms with van der Waals surface area (Å²) in [4.78, 5) is 26.5. The predicted octanol–water partition coefficient (Wildman–Crippen LogP) is 2.35. The summed E-state index contributed by atoms with van der Waals surface area (Å²) in [5.74, 6) is -1.00. The van der Waals surface area contributed by atoms with E-state index in [0.717, 1.165) is 0 Å². The van der Waals surface area contributed by atoms with Gasteiger partial charge in [-0.3, -0.25) is 9.59 Å². The summed E-state index contributed by atoms with van der Waals surface area (Å²) in [6.07, 6.45) is 0. The fourth-order valence-corrected chi connectivity index (χ4v) is 2.69.